The monoisotopic (exact) mass is 897 g/mol. The fourth-order valence-electron chi connectivity index (χ4n) is 6.34. The van der Waals surface area contributed by atoms with Gasteiger partial charge in [0.2, 0.25) is 5.91 Å². The number of quaternary nitrogens is 1. The molecule has 0 aromatic carbocycles. The molecule has 0 spiro atoms. The Morgan fingerprint density at radius 2 is 0.968 bits per heavy atom. The van der Waals surface area contributed by atoms with E-state index >= 15 is 0 Å². The summed E-state index contributed by atoms with van der Waals surface area (Å²) in [7, 11) is 1.23. The normalized spacial score (nSPS) is 15.1. The number of nitrogens with one attached hydrogen (secondary N) is 1. The average Bonchev–Trinajstić information content (AvgIpc) is 3.24. The number of unbranched alkanes of at least 4 members (excludes halogenated alkanes) is 14. The van der Waals surface area contributed by atoms with E-state index in [-0.39, 0.29) is 12.5 Å². The third-order valence-corrected chi connectivity index (χ3v) is 11.2. The summed E-state index contributed by atoms with van der Waals surface area (Å²) in [5, 5.41) is 13.7. The number of carbonyl (C=O) groups excluding carboxylic acids is 1. The van der Waals surface area contributed by atoms with Crippen molar-refractivity contribution in [2.75, 3.05) is 40.9 Å². The Kier molecular flexibility index (Phi) is 42.4. The molecule has 0 aliphatic carbocycles. The van der Waals surface area contributed by atoms with Gasteiger partial charge >= 0.3 is 0 Å². The molecule has 360 valence electrons. The molecule has 0 aromatic rings. The largest absolute Gasteiger partial charge is 0.756 e. The van der Waals surface area contributed by atoms with Gasteiger partial charge in [0.15, 0.2) is 0 Å². The summed E-state index contributed by atoms with van der Waals surface area (Å²) in [6, 6.07) is -0.895. The average molecular weight is 897 g/mol. The summed E-state index contributed by atoms with van der Waals surface area (Å²) in [6.07, 6.45) is 64.5. The summed E-state index contributed by atoms with van der Waals surface area (Å²) in [5.41, 5.74) is 0. The molecule has 3 atom stereocenters. The Morgan fingerprint density at radius 1 is 0.571 bits per heavy atom. The molecule has 0 rings (SSSR count). The lowest BCUT2D eigenvalue weighted by Gasteiger charge is -2.29. The maximum Gasteiger partial charge on any atom is 0.268 e. The predicted octanol–water partition coefficient (Wildman–Crippen LogP) is 13.8. The second-order valence-corrected chi connectivity index (χ2v) is 18.8. The Hall–Kier alpha value is -2.84. The van der Waals surface area contributed by atoms with Gasteiger partial charge in [-0.25, -0.2) is 0 Å². The van der Waals surface area contributed by atoms with E-state index < -0.39 is 26.6 Å². The molecule has 0 heterocycles. The van der Waals surface area contributed by atoms with E-state index in [1.54, 1.807) is 6.08 Å². The second-order valence-electron chi connectivity index (χ2n) is 17.4. The van der Waals surface area contributed by atoms with Gasteiger partial charge in [-0.15, -0.1) is 0 Å². The van der Waals surface area contributed by atoms with Gasteiger partial charge < -0.3 is 28.8 Å². The lowest BCUT2D eigenvalue weighted by molar-refractivity contribution is -0.870. The number of hydrogen-bond acceptors (Lipinski definition) is 6. The van der Waals surface area contributed by atoms with Crippen molar-refractivity contribution in [2.24, 2.45) is 0 Å². The van der Waals surface area contributed by atoms with Gasteiger partial charge in [-0.05, 0) is 83.5 Å². The number of aliphatic hydroxyl groups excluding tert-OH is 1. The zero-order valence-electron chi connectivity index (χ0n) is 40.7. The van der Waals surface area contributed by atoms with Crippen LogP contribution in [0.15, 0.2) is 109 Å². The minimum Gasteiger partial charge on any atom is -0.756 e. The molecule has 0 bridgehead atoms. The number of hydrogen-bond donors (Lipinski definition) is 2. The highest BCUT2D eigenvalue weighted by atomic mass is 31.2. The van der Waals surface area contributed by atoms with Crippen molar-refractivity contribution in [3.8, 4) is 0 Å². The van der Waals surface area contributed by atoms with Crippen molar-refractivity contribution in [3.05, 3.63) is 109 Å². The van der Waals surface area contributed by atoms with E-state index in [2.05, 4.69) is 116 Å². The van der Waals surface area contributed by atoms with Crippen molar-refractivity contribution in [2.45, 2.75) is 187 Å². The maximum absolute atomic E-state index is 12.8. The maximum atomic E-state index is 12.8. The molecule has 2 N–H and O–H groups in total. The Labute approximate surface area is 387 Å². The van der Waals surface area contributed by atoms with Gasteiger partial charge in [0, 0.05) is 6.42 Å². The van der Waals surface area contributed by atoms with Crippen molar-refractivity contribution in [1.82, 2.24) is 5.32 Å². The topological polar surface area (TPSA) is 108 Å². The van der Waals surface area contributed by atoms with E-state index in [4.69, 9.17) is 9.05 Å². The highest BCUT2D eigenvalue weighted by molar-refractivity contribution is 7.45. The number of allylic oxidation sites excluding steroid dienone is 17. The van der Waals surface area contributed by atoms with Gasteiger partial charge in [0.1, 0.15) is 13.2 Å². The fraction of sp³-hybridized carbons (Fsp3) is 0.648. The summed E-state index contributed by atoms with van der Waals surface area (Å²) in [6.45, 7) is 4.45. The van der Waals surface area contributed by atoms with Crippen LogP contribution in [-0.2, 0) is 18.4 Å². The molecule has 8 nitrogen and oxygen atoms in total. The van der Waals surface area contributed by atoms with E-state index in [1.165, 1.54) is 51.4 Å². The van der Waals surface area contributed by atoms with Gasteiger partial charge in [-0.2, -0.15) is 0 Å². The highest BCUT2D eigenvalue weighted by Crippen LogP contribution is 2.38. The van der Waals surface area contributed by atoms with Crippen LogP contribution in [0.4, 0.5) is 0 Å². The van der Waals surface area contributed by atoms with Crippen LogP contribution in [0.2, 0.25) is 0 Å². The SMILES string of the molecule is CC/C=C\C/C=C\C/C=C\C/C=C\C/C=C\C/C=C\C/C=C\C/C=C\CCCCCCCCCCC(=O)NC(COP(=O)([O-])OCC[N+](C)(C)C)C(O)/C=C/CCCCCCCC. The lowest BCUT2D eigenvalue weighted by Crippen LogP contribution is -2.45. The number of carbonyl (C=O) groups is 1. The van der Waals surface area contributed by atoms with Crippen molar-refractivity contribution in [3.63, 3.8) is 0 Å². The van der Waals surface area contributed by atoms with E-state index in [9.17, 15) is 19.4 Å². The smallest absolute Gasteiger partial charge is 0.268 e. The molecule has 0 saturated heterocycles. The molecule has 1 amide bonds. The zero-order valence-corrected chi connectivity index (χ0v) is 41.6. The van der Waals surface area contributed by atoms with Crippen LogP contribution in [0.3, 0.4) is 0 Å². The fourth-order valence-corrected chi connectivity index (χ4v) is 7.07. The predicted molar refractivity (Wildman–Crippen MR) is 269 cm³/mol. The van der Waals surface area contributed by atoms with E-state index in [1.807, 2.05) is 27.2 Å². The molecule has 0 aliphatic heterocycles. The van der Waals surface area contributed by atoms with E-state index in [0.29, 0.717) is 17.4 Å². The first kappa shape index (κ1) is 60.2. The Bertz CT molecular complexity index is 1390. The van der Waals surface area contributed by atoms with Gasteiger partial charge in [0.25, 0.3) is 7.82 Å². The number of amides is 1. The van der Waals surface area contributed by atoms with E-state index in [0.717, 1.165) is 103 Å². The molecule has 0 aromatic heterocycles. The number of rotatable bonds is 43. The highest BCUT2D eigenvalue weighted by Gasteiger charge is 2.23. The number of likely N-dealkylation sites (N-methyl/N-ethyl adjacent to an activating group) is 1. The second kappa shape index (κ2) is 44.4. The molecular weight excluding hydrogens is 804 g/mol. The van der Waals surface area contributed by atoms with Crippen LogP contribution >= 0.6 is 7.82 Å². The molecule has 0 fully saturated rings. The van der Waals surface area contributed by atoms with Crippen molar-refractivity contribution < 1.29 is 32.9 Å². The van der Waals surface area contributed by atoms with Crippen LogP contribution in [0, 0.1) is 0 Å². The molecule has 0 saturated carbocycles. The van der Waals surface area contributed by atoms with Crippen LogP contribution in [-0.4, -0.2) is 68.5 Å². The van der Waals surface area contributed by atoms with Crippen LogP contribution in [0.25, 0.3) is 0 Å². The standard InChI is InChI=1S/C54H93N2O6P/c1-6-8-10-12-14-16-17-18-19-20-21-22-23-24-25-26-27-28-29-30-31-32-33-34-35-36-37-38-39-40-42-44-46-48-54(58)55-52(51-62-63(59,60)61-50-49-56(3,4)5)53(57)47-45-43-41-15-13-11-9-7-2/h8,10,14,16,18-19,21-22,24-25,27-28,30-31,33-34,45,47,52-53,57H,6-7,9,11-13,15,17,20,23,26,29,32,35-44,46,48-51H2,1-5H3,(H-,55,58,59,60)/b10-8-,16-14-,19-18-,22-21-,25-24-,28-27-,31-30-,34-33-,47-45+. The molecule has 9 heteroatoms. The molecule has 0 aliphatic rings. The first-order valence-corrected chi connectivity index (χ1v) is 26.2. The Morgan fingerprint density at radius 3 is 1.41 bits per heavy atom. The molecule has 3 unspecified atom stereocenters. The summed E-state index contributed by atoms with van der Waals surface area (Å²) >= 11 is 0. The first-order chi connectivity index (χ1) is 30.5. The van der Waals surface area contributed by atoms with Gasteiger partial charge in [-0.3, -0.25) is 9.36 Å². The number of nitrogens with zero attached hydrogens (tertiary/aromatic N) is 1. The third kappa shape index (κ3) is 47.0. The third-order valence-electron chi connectivity index (χ3n) is 10.2. The lowest BCUT2D eigenvalue weighted by atomic mass is 10.1. The zero-order chi connectivity index (χ0) is 46.4. The minimum atomic E-state index is -4.59. The number of aliphatic hydroxyl groups is 1. The minimum absolute atomic E-state index is 0.00883. The number of phosphoric ester groups is 1. The summed E-state index contributed by atoms with van der Waals surface area (Å²) < 4.78 is 23.1. The molecular formula is C54H93N2O6P. The number of phosphoric acid groups is 1. The summed E-state index contributed by atoms with van der Waals surface area (Å²) in [4.78, 5) is 25.2. The quantitative estimate of drug-likeness (QED) is 0.0273. The van der Waals surface area contributed by atoms with Crippen molar-refractivity contribution >= 4 is 13.7 Å². The summed E-state index contributed by atoms with van der Waals surface area (Å²) in [5.74, 6) is -0.216. The van der Waals surface area contributed by atoms with Crippen LogP contribution in [0.5, 0.6) is 0 Å². The van der Waals surface area contributed by atoms with Gasteiger partial charge in [-0.1, -0.05) is 194 Å². The Balaban J connectivity index is 4.12. The van der Waals surface area contributed by atoms with Crippen molar-refractivity contribution in [1.29, 1.82) is 0 Å². The van der Waals surface area contributed by atoms with Gasteiger partial charge in [0.05, 0.1) is 39.9 Å². The van der Waals surface area contributed by atoms with Crippen LogP contribution in [0.1, 0.15) is 174 Å². The van der Waals surface area contributed by atoms with Crippen LogP contribution < -0.4 is 10.2 Å². The molecule has 63 heavy (non-hydrogen) atoms. The first-order valence-electron chi connectivity index (χ1n) is 24.7. The molecule has 0 radical (unpaired) electrons.